The predicted octanol–water partition coefficient (Wildman–Crippen LogP) is 3.84. The lowest BCUT2D eigenvalue weighted by atomic mass is 10.2. The van der Waals surface area contributed by atoms with Gasteiger partial charge in [-0.05, 0) is 42.8 Å². The van der Waals surface area contributed by atoms with Crippen LogP contribution in [0.3, 0.4) is 0 Å². The molecule has 3 rings (SSSR count). The molecule has 0 radical (unpaired) electrons. The van der Waals surface area contributed by atoms with Crippen LogP contribution in [0.15, 0.2) is 60.8 Å². The summed E-state index contributed by atoms with van der Waals surface area (Å²) in [6.45, 7) is 2.54. The maximum absolute atomic E-state index is 13.4. The van der Waals surface area contributed by atoms with Crippen LogP contribution in [0, 0.1) is 0 Å². The van der Waals surface area contributed by atoms with Gasteiger partial charge in [0.15, 0.2) is 5.69 Å². The van der Waals surface area contributed by atoms with Crippen LogP contribution in [0.5, 0.6) is 5.75 Å². The molecule has 2 amide bonds. The number of nitrogens with zero attached hydrogens (tertiary/aromatic N) is 2. The highest BCUT2D eigenvalue weighted by molar-refractivity contribution is 5.96. The van der Waals surface area contributed by atoms with Crippen molar-refractivity contribution >= 4 is 11.8 Å². The van der Waals surface area contributed by atoms with Crippen LogP contribution in [-0.4, -0.2) is 41.3 Å². The lowest BCUT2D eigenvalue weighted by Gasteiger charge is -2.09. The fourth-order valence-corrected chi connectivity index (χ4v) is 2.93. The Hall–Kier alpha value is -3.82. The minimum absolute atomic E-state index is 0.0346. The fraction of sp³-hybridized carbons (Fsp3) is 0.261. The molecule has 0 fully saturated rings. The highest BCUT2D eigenvalue weighted by Gasteiger charge is 2.39. The van der Waals surface area contributed by atoms with Gasteiger partial charge in [0, 0.05) is 24.8 Å². The second kappa shape index (κ2) is 10.7. The maximum atomic E-state index is 13.4. The van der Waals surface area contributed by atoms with Crippen LogP contribution >= 0.6 is 0 Å². The number of ether oxygens (including phenoxy) is 1. The van der Waals surface area contributed by atoms with Crippen molar-refractivity contribution in [3.8, 4) is 11.4 Å². The quantitative estimate of drug-likeness (QED) is 0.475. The topological polar surface area (TPSA) is 85.3 Å². The van der Waals surface area contributed by atoms with Crippen LogP contribution < -0.4 is 15.4 Å². The van der Waals surface area contributed by atoms with Crippen molar-refractivity contribution < 1.29 is 27.5 Å². The van der Waals surface area contributed by atoms with Crippen molar-refractivity contribution in [3.05, 3.63) is 77.6 Å². The molecule has 1 heterocycles. The normalized spacial score (nSPS) is 11.2. The summed E-state index contributed by atoms with van der Waals surface area (Å²) in [7, 11) is 0. The molecular weight excluding hydrogens is 437 g/mol. The van der Waals surface area contributed by atoms with E-state index in [0.717, 1.165) is 17.3 Å². The molecule has 2 N–H and O–H groups in total. The van der Waals surface area contributed by atoms with Crippen LogP contribution in [0.1, 0.15) is 39.8 Å². The lowest BCUT2D eigenvalue weighted by molar-refractivity contribution is -0.141. The maximum Gasteiger partial charge on any atom is 0.435 e. The number of amides is 2. The van der Waals surface area contributed by atoms with Crippen LogP contribution in [-0.2, 0) is 6.18 Å². The molecule has 174 valence electrons. The van der Waals surface area contributed by atoms with E-state index in [4.69, 9.17) is 4.74 Å². The second-order valence-corrected chi connectivity index (χ2v) is 7.05. The molecule has 0 atom stereocenters. The first-order valence-electron chi connectivity index (χ1n) is 10.3. The zero-order valence-corrected chi connectivity index (χ0v) is 17.9. The van der Waals surface area contributed by atoms with E-state index in [-0.39, 0.29) is 19.0 Å². The highest BCUT2D eigenvalue weighted by atomic mass is 19.4. The van der Waals surface area contributed by atoms with Crippen molar-refractivity contribution in [3.63, 3.8) is 0 Å². The molecule has 0 saturated carbocycles. The van der Waals surface area contributed by atoms with E-state index < -0.39 is 23.3 Å². The molecule has 0 aliphatic carbocycles. The van der Waals surface area contributed by atoms with E-state index in [1.807, 2.05) is 6.92 Å². The average Bonchev–Trinajstić information content (AvgIpc) is 3.28. The van der Waals surface area contributed by atoms with E-state index >= 15 is 0 Å². The van der Waals surface area contributed by atoms with Crippen molar-refractivity contribution in [1.82, 2.24) is 20.4 Å². The number of alkyl halides is 3. The molecule has 3 aromatic rings. The van der Waals surface area contributed by atoms with Gasteiger partial charge in [-0.15, -0.1) is 0 Å². The molecule has 0 bridgehead atoms. The summed E-state index contributed by atoms with van der Waals surface area (Å²) in [4.78, 5) is 24.6. The molecule has 2 aromatic carbocycles. The van der Waals surface area contributed by atoms with Crippen LogP contribution in [0.2, 0.25) is 0 Å². The molecule has 10 heteroatoms. The molecule has 0 saturated heterocycles. The van der Waals surface area contributed by atoms with Gasteiger partial charge in [0.05, 0.1) is 17.9 Å². The Labute approximate surface area is 188 Å². The van der Waals surface area contributed by atoms with E-state index in [1.54, 1.807) is 54.6 Å². The summed E-state index contributed by atoms with van der Waals surface area (Å²) in [5.41, 5.74) is -1.09. The van der Waals surface area contributed by atoms with E-state index in [9.17, 15) is 22.8 Å². The largest absolute Gasteiger partial charge is 0.494 e. The Morgan fingerprint density at radius 2 is 1.61 bits per heavy atom. The van der Waals surface area contributed by atoms with Gasteiger partial charge in [0.1, 0.15) is 5.75 Å². The Bertz CT molecular complexity index is 1080. The van der Waals surface area contributed by atoms with E-state index in [1.165, 1.54) is 0 Å². The van der Waals surface area contributed by atoms with Gasteiger partial charge in [0.25, 0.3) is 11.8 Å². The third-order valence-electron chi connectivity index (χ3n) is 4.53. The number of rotatable bonds is 9. The van der Waals surface area contributed by atoms with Gasteiger partial charge in [-0.25, -0.2) is 4.68 Å². The number of hydrogen-bond donors (Lipinski definition) is 2. The first-order valence-corrected chi connectivity index (χ1v) is 10.3. The number of halogens is 3. The third kappa shape index (κ3) is 6.34. The summed E-state index contributed by atoms with van der Waals surface area (Å²) >= 11 is 0. The number of hydrogen-bond acceptors (Lipinski definition) is 4. The summed E-state index contributed by atoms with van der Waals surface area (Å²) in [6.07, 6.45) is -2.90. The second-order valence-electron chi connectivity index (χ2n) is 7.05. The predicted molar refractivity (Wildman–Crippen MR) is 115 cm³/mol. The summed E-state index contributed by atoms with van der Waals surface area (Å²) in [5.74, 6) is -0.660. The minimum Gasteiger partial charge on any atom is -0.494 e. The van der Waals surface area contributed by atoms with Crippen LogP contribution in [0.4, 0.5) is 13.2 Å². The zero-order chi connectivity index (χ0) is 23.8. The summed E-state index contributed by atoms with van der Waals surface area (Å²) in [6, 6.07) is 14.7. The molecule has 0 aliphatic heterocycles. The zero-order valence-electron chi connectivity index (χ0n) is 17.9. The Morgan fingerprint density at radius 1 is 0.970 bits per heavy atom. The average molecular weight is 460 g/mol. The lowest BCUT2D eigenvalue weighted by Crippen LogP contribution is -2.35. The minimum atomic E-state index is -4.80. The third-order valence-corrected chi connectivity index (χ3v) is 4.53. The smallest absolute Gasteiger partial charge is 0.435 e. The van der Waals surface area contributed by atoms with Crippen LogP contribution in [0.25, 0.3) is 5.69 Å². The highest BCUT2D eigenvalue weighted by Crippen LogP contribution is 2.31. The van der Waals surface area contributed by atoms with Gasteiger partial charge in [0.2, 0.25) is 0 Å². The van der Waals surface area contributed by atoms with Gasteiger partial charge in [-0.1, -0.05) is 25.1 Å². The van der Waals surface area contributed by atoms with Crippen molar-refractivity contribution in [1.29, 1.82) is 0 Å². The van der Waals surface area contributed by atoms with Gasteiger partial charge < -0.3 is 15.4 Å². The standard InChI is InChI=1S/C23H23F3N4O3/c1-2-14-33-18-10-8-16(9-11-18)21(31)27-12-13-28-22(32)19-15-30(17-6-4-3-5-7-17)29-20(19)23(24,25)26/h3-11,15H,2,12-14H2,1H3,(H,27,31)(H,28,32). The van der Waals surface area contributed by atoms with E-state index in [2.05, 4.69) is 15.7 Å². The fourth-order valence-electron chi connectivity index (χ4n) is 2.93. The molecule has 0 unspecified atom stereocenters. The number of carbonyl (C=O) groups excluding carboxylic acids is 2. The Balaban J connectivity index is 1.57. The Kier molecular flexibility index (Phi) is 7.70. The van der Waals surface area contributed by atoms with Gasteiger partial charge >= 0.3 is 6.18 Å². The number of para-hydroxylation sites is 1. The molecule has 1 aromatic heterocycles. The number of carbonyl (C=O) groups is 2. The number of aromatic nitrogens is 2. The first-order chi connectivity index (χ1) is 15.8. The molecule has 0 spiro atoms. The number of nitrogens with one attached hydrogen (secondary N) is 2. The Morgan fingerprint density at radius 3 is 2.21 bits per heavy atom. The molecule has 33 heavy (non-hydrogen) atoms. The van der Waals surface area contributed by atoms with Gasteiger partial charge in [-0.2, -0.15) is 18.3 Å². The SMILES string of the molecule is CCCOc1ccc(C(=O)NCCNC(=O)c2cn(-c3ccccc3)nc2C(F)(F)F)cc1. The first kappa shape index (κ1) is 23.8. The van der Waals surface area contributed by atoms with E-state index in [0.29, 0.717) is 23.6 Å². The van der Waals surface area contributed by atoms with Gasteiger partial charge in [-0.3, -0.25) is 9.59 Å². The monoisotopic (exact) mass is 460 g/mol. The summed E-state index contributed by atoms with van der Waals surface area (Å²) in [5, 5.41) is 8.54. The molecular formula is C23H23F3N4O3. The van der Waals surface area contributed by atoms with Crippen molar-refractivity contribution in [2.24, 2.45) is 0 Å². The van der Waals surface area contributed by atoms with Crippen molar-refractivity contribution in [2.45, 2.75) is 19.5 Å². The molecule has 0 aliphatic rings. The summed E-state index contributed by atoms with van der Waals surface area (Å²) < 4.78 is 46.6. The molecule has 7 nitrogen and oxygen atoms in total. The number of benzene rings is 2. The van der Waals surface area contributed by atoms with Crippen molar-refractivity contribution in [2.75, 3.05) is 19.7 Å².